The van der Waals surface area contributed by atoms with E-state index in [0.717, 1.165) is 25.7 Å². The summed E-state index contributed by atoms with van der Waals surface area (Å²) in [5.41, 5.74) is 2.85. The summed E-state index contributed by atoms with van der Waals surface area (Å²) < 4.78 is 0. The van der Waals surface area contributed by atoms with E-state index in [0.29, 0.717) is 12.1 Å². The number of benzene rings is 1. The van der Waals surface area contributed by atoms with Crippen LogP contribution in [-0.4, -0.2) is 24.0 Å². The van der Waals surface area contributed by atoms with E-state index in [1.54, 1.807) is 0 Å². The lowest BCUT2D eigenvalue weighted by molar-refractivity contribution is -0.123. The molecule has 0 heterocycles. The molecule has 1 aromatic rings. The quantitative estimate of drug-likeness (QED) is 0.882. The highest BCUT2D eigenvalue weighted by Gasteiger charge is 2.26. The summed E-state index contributed by atoms with van der Waals surface area (Å²) >= 11 is 0. The van der Waals surface area contributed by atoms with E-state index in [9.17, 15) is 4.79 Å². The summed E-state index contributed by atoms with van der Waals surface area (Å²) in [6.07, 6.45) is 6.88. The van der Waals surface area contributed by atoms with Gasteiger partial charge in [-0.2, -0.15) is 0 Å². The van der Waals surface area contributed by atoms with Crippen molar-refractivity contribution in [1.82, 2.24) is 10.6 Å². The zero-order valence-electron chi connectivity index (χ0n) is 12.2. The van der Waals surface area contributed by atoms with Crippen LogP contribution in [-0.2, 0) is 17.6 Å². The molecule has 3 nitrogen and oxygen atoms in total. The highest BCUT2D eigenvalue weighted by Crippen LogP contribution is 2.22. The summed E-state index contributed by atoms with van der Waals surface area (Å²) in [5, 5.41) is 6.66. The Kier molecular flexibility index (Phi) is 4.06. The fourth-order valence-electron chi connectivity index (χ4n) is 3.50. The van der Waals surface area contributed by atoms with Gasteiger partial charge in [-0.3, -0.25) is 4.79 Å². The molecule has 1 atom stereocenters. The van der Waals surface area contributed by atoms with Crippen LogP contribution in [0.25, 0.3) is 0 Å². The monoisotopic (exact) mass is 272 g/mol. The predicted octanol–water partition coefficient (Wildman–Crippen LogP) is 2.19. The second-order valence-electron chi connectivity index (χ2n) is 6.25. The molecule has 0 radical (unpaired) electrons. The number of hydrogen-bond acceptors (Lipinski definition) is 2. The first-order valence-corrected chi connectivity index (χ1v) is 7.85. The van der Waals surface area contributed by atoms with Gasteiger partial charge in [-0.15, -0.1) is 0 Å². The van der Waals surface area contributed by atoms with Crippen molar-refractivity contribution in [3.8, 4) is 0 Å². The molecular weight excluding hydrogens is 248 g/mol. The minimum atomic E-state index is -0.102. The first kappa shape index (κ1) is 13.6. The zero-order valence-corrected chi connectivity index (χ0v) is 12.2. The Morgan fingerprint density at radius 2 is 1.70 bits per heavy atom. The third kappa shape index (κ3) is 3.04. The van der Waals surface area contributed by atoms with Crippen molar-refractivity contribution in [2.45, 2.75) is 63.6 Å². The van der Waals surface area contributed by atoms with E-state index in [-0.39, 0.29) is 11.9 Å². The molecule has 108 valence electrons. The lowest BCUT2D eigenvalue weighted by atomic mass is 10.1. The summed E-state index contributed by atoms with van der Waals surface area (Å²) in [6.45, 7) is 1.98. The molecule has 2 aliphatic carbocycles. The van der Waals surface area contributed by atoms with Gasteiger partial charge in [-0.1, -0.05) is 37.1 Å². The maximum Gasteiger partial charge on any atom is 0.237 e. The minimum absolute atomic E-state index is 0.102. The predicted molar refractivity (Wildman–Crippen MR) is 80.6 cm³/mol. The second-order valence-corrected chi connectivity index (χ2v) is 6.25. The SMILES string of the molecule is CC(NC1Cc2ccccc2C1)C(=O)NC1CCCC1. The van der Waals surface area contributed by atoms with E-state index in [1.807, 2.05) is 6.92 Å². The summed E-state index contributed by atoms with van der Waals surface area (Å²) in [5.74, 6) is 0.160. The molecule has 1 fully saturated rings. The molecule has 2 N–H and O–H groups in total. The lowest BCUT2D eigenvalue weighted by Gasteiger charge is -2.21. The molecular formula is C17H24N2O. The van der Waals surface area contributed by atoms with Gasteiger partial charge in [0.1, 0.15) is 0 Å². The van der Waals surface area contributed by atoms with Gasteiger partial charge < -0.3 is 10.6 Å². The Hall–Kier alpha value is -1.35. The number of fused-ring (bicyclic) bond motifs is 1. The van der Waals surface area contributed by atoms with Gasteiger partial charge in [0, 0.05) is 12.1 Å². The molecule has 1 unspecified atom stereocenters. The lowest BCUT2D eigenvalue weighted by Crippen LogP contribution is -2.49. The van der Waals surface area contributed by atoms with Gasteiger partial charge >= 0.3 is 0 Å². The molecule has 0 bridgehead atoms. The Bertz CT molecular complexity index is 455. The van der Waals surface area contributed by atoms with Crippen molar-refractivity contribution in [3.63, 3.8) is 0 Å². The summed E-state index contributed by atoms with van der Waals surface area (Å²) in [7, 11) is 0. The van der Waals surface area contributed by atoms with Crippen LogP contribution in [0, 0.1) is 0 Å². The number of carbonyl (C=O) groups is 1. The van der Waals surface area contributed by atoms with Crippen LogP contribution in [0.2, 0.25) is 0 Å². The van der Waals surface area contributed by atoms with Crippen molar-refractivity contribution in [1.29, 1.82) is 0 Å². The van der Waals surface area contributed by atoms with Crippen molar-refractivity contribution in [2.75, 3.05) is 0 Å². The van der Waals surface area contributed by atoms with Crippen LogP contribution in [0.15, 0.2) is 24.3 Å². The summed E-state index contributed by atoms with van der Waals surface area (Å²) in [6, 6.07) is 9.29. The Labute approximate surface area is 121 Å². The van der Waals surface area contributed by atoms with E-state index < -0.39 is 0 Å². The van der Waals surface area contributed by atoms with Crippen LogP contribution in [0.5, 0.6) is 0 Å². The number of hydrogen-bond donors (Lipinski definition) is 2. The van der Waals surface area contributed by atoms with Crippen LogP contribution in [0.3, 0.4) is 0 Å². The maximum absolute atomic E-state index is 12.2. The zero-order chi connectivity index (χ0) is 13.9. The van der Waals surface area contributed by atoms with Gasteiger partial charge in [0.25, 0.3) is 0 Å². The molecule has 1 amide bonds. The van der Waals surface area contributed by atoms with Gasteiger partial charge in [-0.05, 0) is 43.7 Å². The van der Waals surface area contributed by atoms with E-state index >= 15 is 0 Å². The highest BCUT2D eigenvalue weighted by atomic mass is 16.2. The van der Waals surface area contributed by atoms with Crippen molar-refractivity contribution in [3.05, 3.63) is 35.4 Å². The third-order valence-corrected chi connectivity index (χ3v) is 4.63. The topological polar surface area (TPSA) is 41.1 Å². The first-order chi connectivity index (χ1) is 9.72. The van der Waals surface area contributed by atoms with Crippen LogP contribution in [0.1, 0.15) is 43.7 Å². The van der Waals surface area contributed by atoms with Gasteiger partial charge in [0.2, 0.25) is 5.91 Å². The molecule has 1 aromatic carbocycles. The average molecular weight is 272 g/mol. The Morgan fingerprint density at radius 1 is 1.10 bits per heavy atom. The number of rotatable bonds is 4. The fourth-order valence-corrected chi connectivity index (χ4v) is 3.50. The van der Waals surface area contributed by atoms with Gasteiger partial charge in [-0.25, -0.2) is 0 Å². The molecule has 0 saturated heterocycles. The number of carbonyl (C=O) groups excluding carboxylic acids is 1. The normalized spacial score (nSPS) is 20.9. The molecule has 20 heavy (non-hydrogen) atoms. The molecule has 2 aliphatic rings. The fraction of sp³-hybridized carbons (Fsp3) is 0.588. The van der Waals surface area contributed by atoms with Crippen molar-refractivity contribution < 1.29 is 4.79 Å². The van der Waals surface area contributed by atoms with E-state index in [2.05, 4.69) is 34.9 Å². The van der Waals surface area contributed by atoms with Crippen molar-refractivity contribution in [2.24, 2.45) is 0 Å². The summed E-state index contributed by atoms with van der Waals surface area (Å²) in [4.78, 5) is 12.2. The molecule has 0 aromatic heterocycles. The average Bonchev–Trinajstić information content (AvgIpc) is 3.06. The molecule has 3 rings (SSSR count). The smallest absolute Gasteiger partial charge is 0.237 e. The van der Waals surface area contributed by atoms with E-state index in [4.69, 9.17) is 0 Å². The minimum Gasteiger partial charge on any atom is -0.352 e. The number of amides is 1. The largest absolute Gasteiger partial charge is 0.352 e. The molecule has 1 saturated carbocycles. The first-order valence-electron chi connectivity index (χ1n) is 7.85. The molecule has 3 heteroatoms. The highest BCUT2D eigenvalue weighted by molar-refractivity contribution is 5.81. The third-order valence-electron chi connectivity index (χ3n) is 4.63. The Balaban J connectivity index is 1.50. The van der Waals surface area contributed by atoms with E-state index in [1.165, 1.54) is 24.0 Å². The van der Waals surface area contributed by atoms with Crippen LogP contribution >= 0.6 is 0 Å². The Morgan fingerprint density at radius 3 is 2.30 bits per heavy atom. The van der Waals surface area contributed by atoms with Gasteiger partial charge in [0.05, 0.1) is 6.04 Å². The van der Waals surface area contributed by atoms with Gasteiger partial charge in [0.15, 0.2) is 0 Å². The molecule has 0 spiro atoms. The standard InChI is InChI=1S/C17H24N2O/c1-12(17(20)19-15-8-4-5-9-15)18-16-10-13-6-2-3-7-14(13)11-16/h2-3,6-7,12,15-16,18H,4-5,8-11H2,1H3,(H,19,20). The van der Waals surface area contributed by atoms with Crippen LogP contribution < -0.4 is 10.6 Å². The number of nitrogens with one attached hydrogen (secondary N) is 2. The molecule has 0 aliphatic heterocycles. The maximum atomic E-state index is 12.2. The van der Waals surface area contributed by atoms with Crippen LogP contribution in [0.4, 0.5) is 0 Å². The van der Waals surface area contributed by atoms with Crippen molar-refractivity contribution >= 4 is 5.91 Å². The second kappa shape index (κ2) is 5.96.